The average Bonchev–Trinajstić information content (AvgIpc) is 3.11. The first-order valence-corrected chi connectivity index (χ1v) is 12.3. The number of likely N-dealkylation sites (N-methyl/N-ethyl adjacent to an activating group) is 1. The molecule has 2 unspecified atom stereocenters. The van der Waals surface area contributed by atoms with E-state index in [4.69, 9.17) is 0 Å². The summed E-state index contributed by atoms with van der Waals surface area (Å²) in [4.78, 5) is 0. The minimum absolute atomic E-state index is 0.262. The Morgan fingerprint density at radius 1 is 0.821 bits per heavy atom. The van der Waals surface area contributed by atoms with E-state index in [2.05, 4.69) is 43.7 Å². The maximum atomic E-state index is 9.37. The van der Waals surface area contributed by atoms with Crippen LogP contribution in [-0.2, 0) is 0 Å². The summed E-state index contributed by atoms with van der Waals surface area (Å²) in [5.41, 5.74) is 0. The van der Waals surface area contributed by atoms with Crippen LogP contribution in [0.5, 0.6) is 0 Å². The summed E-state index contributed by atoms with van der Waals surface area (Å²) >= 11 is 0. The van der Waals surface area contributed by atoms with Crippen molar-refractivity contribution in [3.63, 3.8) is 0 Å². The molecule has 3 nitrogen and oxygen atoms in total. The maximum Gasteiger partial charge on any atom is 0.166 e. The van der Waals surface area contributed by atoms with Gasteiger partial charge in [0, 0.05) is 6.42 Å². The molecule has 0 aliphatic carbocycles. The largest absolute Gasteiger partial charge is 0.390 e. The molecule has 0 fully saturated rings. The predicted molar refractivity (Wildman–Crippen MR) is 123 cm³/mol. The third kappa shape index (κ3) is 10.7. The number of hydrogen-bond acceptors (Lipinski definition) is 2. The smallest absolute Gasteiger partial charge is 0.166 e. The summed E-state index contributed by atoms with van der Waals surface area (Å²) in [6.07, 6.45) is 29.9. The zero-order chi connectivity index (χ0) is 20.3. The van der Waals surface area contributed by atoms with Gasteiger partial charge in [0.1, 0.15) is 12.7 Å². The number of allylic oxidation sites excluding steroid dienone is 2. The maximum absolute atomic E-state index is 9.37. The molecule has 0 spiro atoms. The molecule has 0 aromatic carbocycles. The van der Waals surface area contributed by atoms with E-state index in [1.807, 2.05) is 0 Å². The molecule has 0 radical (unpaired) electrons. The van der Waals surface area contributed by atoms with Gasteiger partial charge in [-0.15, -0.1) is 0 Å². The molecular weight excluding hydrogens is 344 g/mol. The van der Waals surface area contributed by atoms with Gasteiger partial charge in [-0.3, -0.25) is 4.48 Å². The van der Waals surface area contributed by atoms with Crippen LogP contribution in [-0.4, -0.2) is 35.5 Å². The Bertz CT molecular complexity index is 407. The highest BCUT2D eigenvalue weighted by atomic mass is 16.3. The lowest BCUT2D eigenvalue weighted by atomic mass is 10.1. The number of rotatable bonds is 19. The van der Waals surface area contributed by atoms with Crippen LogP contribution in [0.3, 0.4) is 0 Å². The number of nitrogens with zero attached hydrogens (tertiary/aromatic N) is 1. The van der Waals surface area contributed by atoms with Crippen molar-refractivity contribution in [2.24, 2.45) is 0 Å². The van der Waals surface area contributed by atoms with Crippen LogP contribution >= 0.6 is 0 Å². The first-order chi connectivity index (χ1) is 13.8. The van der Waals surface area contributed by atoms with Crippen molar-refractivity contribution in [1.82, 2.24) is 5.32 Å². The minimum atomic E-state index is 0.262. The molecule has 28 heavy (non-hydrogen) atoms. The van der Waals surface area contributed by atoms with Crippen molar-refractivity contribution in [2.75, 3.05) is 19.7 Å². The molecule has 164 valence electrons. The normalized spacial score (nSPS) is 21.6. The molecule has 3 heteroatoms. The highest BCUT2D eigenvalue weighted by Gasteiger charge is 2.35. The Labute approximate surface area is 175 Å². The fraction of sp³-hybridized carbons (Fsp3) is 0.840. The molecule has 0 saturated carbocycles. The van der Waals surface area contributed by atoms with Gasteiger partial charge in [0.05, 0.1) is 19.4 Å². The topological polar surface area (TPSA) is 32.3 Å². The summed E-state index contributed by atoms with van der Waals surface area (Å²) < 4.78 is 0.894. The Morgan fingerprint density at radius 3 is 1.96 bits per heavy atom. The Kier molecular flexibility index (Phi) is 15.4. The number of aliphatic hydroxyl groups excluding tert-OH is 1. The quantitative estimate of drug-likeness (QED) is 0.146. The van der Waals surface area contributed by atoms with Crippen LogP contribution < -0.4 is 5.32 Å². The summed E-state index contributed by atoms with van der Waals surface area (Å²) in [6, 6.07) is 0. The molecule has 0 amide bonds. The van der Waals surface area contributed by atoms with E-state index in [0.717, 1.165) is 17.6 Å². The summed E-state index contributed by atoms with van der Waals surface area (Å²) in [5.74, 6) is 0. The van der Waals surface area contributed by atoms with Gasteiger partial charge in [-0.2, -0.15) is 0 Å². The molecule has 0 bridgehead atoms. The summed E-state index contributed by atoms with van der Waals surface area (Å²) in [6.45, 7) is 6.64. The van der Waals surface area contributed by atoms with Crippen LogP contribution in [0.25, 0.3) is 0 Å². The van der Waals surface area contributed by atoms with Crippen molar-refractivity contribution < 1.29 is 9.59 Å². The van der Waals surface area contributed by atoms with Crippen LogP contribution in [0, 0.1) is 0 Å². The van der Waals surface area contributed by atoms with Crippen molar-refractivity contribution in [2.45, 2.75) is 116 Å². The van der Waals surface area contributed by atoms with Gasteiger partial charge < -0.3 is 10.4 Å². The first kappa shape index (κ1) is 25.2. The van der Waals surface area contributed by atoms with Gasteiger partial charge >= 0.3 is 0 Å². The molecule has 0 aromatic rings. The highest BCUT2D eigenvalue weighted by molar-refractivity contribution is 4.85. The SMILES string of the molecule is CCCCCCCCCCCC/C=C/CCCCC1NC=C[N+]1(CC)CCO. The summed E-state index contributed by atoms with van der Waals surface area (Å²) in [5, 5.41) is 12.9. The Hall–Kier alpha value is -0.800. The molecule has 1 aliphatic rings. The third-order valence-corrected chi connectivity index (χ3v) is 6.38. The highest BCUT2D eigenvalue weighted by Crippen LogP contribution is 2.22. The monoisotopic (exact) mass is 393 g/mol. The zero-order valence-corrected chi connectivity index (χ0v) is 19.0. The van der Waals surface area contributed by atoms with E-state index in [-0.39, 0.29) is 6.61 Å². The van der Waals surface area contributed by atoms with Gasteiger partial charge in [0.25, 0.3) is 0 Å². The van der Waals surface area contributed by atoms with E-state index in [0.29, 0.717) is 6.17 Å². The second-order valence-electron chi connectivity index (χ2n) is 8.59. The summed E-state index contributed by atoms with van der Waals surface area (Å²) in [7, 11) is 0. The molecule has 2 atom stereocenters. The van der Waals surface area contributed by atoms with Crippen molar-refractivity contribution in [1.29, 1.82) is 0 Å². The zero-order valence-electron chi connectivity index (χ0n) is 19.0. The van der Waals surface area contributed by atoms with Crippen molar-refractivity contribution in [3.8, 4) is 0 Å². The van der Waals surface area contributed by atoms with Crippen LogP contribution in [0.4, 0.5) is 0 Å². The van der Waals surface area contributed by atoms with Crippen LogP contribution in [0.1, 0.15) is 110 Å². The van der Waals surface area contributed by atoms with E-state index in [1.165, 1.54) is 96.3 Å². The lowest BCUT2D eigenvalue weighted by Crippen LogP contribution is -2.54. The Balaban J connectivity index is 1.91. The van der Waals surface area contributed by atoms with Crippen molar-refractivity contribution >= 4 is 0 Å². The average molecular weight is 394 g/mol. The number of aliphatic hydroxyl groups is 1. The molecule has 2 N–H and O–H groups in total. The fourth-order valence-electron chi connectivity index (χ4n) is 4.38. The molecular formula is C25H49N2O+. The second kappa shape index (κ2) is 17.1. The molecule has 0 aromatic heterocycles. The number of unbranched alkanes of at least 4 members (excludes halogenated alkanes) is 12. The molecule has 1 aliphatic heterocycles. The number of hydrogen-bond donors (Lipinski definition) is 2. The lowest BCUT2D eigenvalue weighted by Gasteiger charge is -2.36. The third-order valence-electron chi connectivity index (χ3n) is 6.38. The van der Waals surface area contributed by atoms with Crippen molar-refractivity contribution in [3.05, 3.63) is 24.6 Å². The fourth-order valence-corrected chi connectivity index (χ4v) is 4.38. The number of quaternary nitrogens is 1. The van der Waals surface area contributed by atoms with E-state index in [9.17, 15) is 5.11 Å². The van der Waals surface area contributed by atoms with E-state index < -0.39 is 0 Å². The lowest BCUT2D eigenvalue weighted by molar-refractivity contribution is -0.900. The molecule has 1 rings (SSSR count). The molecule has 1 heterocycles. The van der Waals surface area contributed by atoms with Gasteiger partial charge in [-0.05, 0) is 39.0 Å². The van der Waals surface area contributed by atoms with E-state index in [1.54, 1.807) is 0 Å². The second-order valence-corrected chi connectivity index (χ2v) is 8.59. The molecule has 0 saturated heterocycles. The van der Waals surface area contributed by atoms with Gasteiger partial charge in [0.15, 0.2) is 6.17 Å². The standard InChI is InChI=1S/C25H49N2O/c1-3-5-6-7-8-9-10-11-12-13-14-15-16-17-18-19-20-25-26-21-22-27(25,4-2)23-24-28/h15-16,21-22,25-26,28H,3-14,17-20,23-24H2,1-2H3/q+1/b16-15+. The van der Waals surface area contributed by atoms with Gasteiger partial charge in [-0.25, -0.2) is 0 Å². The first-order valence-electron chi connectivity index (χ1n) is 12.3. The predicted octanol–water partition coefficient (Wildman–Crippen LogP) is 6.64. The van der Waals surface area contributed by atoms with Crippen LogP contribution in [0.15, 0.2) is 24.6 Å². The van der Waals surface area contributed by atoms with E-state index >= 15 is 0 Å². The minimum Gasteiger partial charge on any atom is -0.390 e. The number of nitrogens with one attached hydrogen (secondary N) is 1. The van der Waals surface area contributed by atoms with Gasteiger partial charge in [0.2, 0.25) is 0 Å². The van der Waals surface area contributed by atoms with Gasteiger partial charge in [-0.1, -0.05) is 76.9 Å². The van der Waals surface area contributed by atoms with Crippen LogP contribution in [0.2, 0.25) is 0 Å². The Morgan fingerprint density at radius 2 is 1.39 bits per heavy atom.